The minimum atomic E-state index is -0.158. The zero-order valence-electron chi connectivity index (χ0n) is 11.3. The lowest BCUT2D eigenvalue weighted by Crippen LogP contribution is -2.53. The molecule has 0 bridgehead atoms. The number of alkyl halides is 1. The van der Waals surface area contributed by atoms with E-state index in [9.17, 15) is 0 Å². The van der Waals surface area contributed by atoms with Crippen LogP contribution < -0.4 is 0 Å². The first-order valence-electron chi connectivity index (χ1n) is 6.37. The van der Waals surface area contributed by atoms with Crippen molar-refractivity contribution in [2.45, 2.75) is 45.6 Å². The second-order valence-corrected chi connectivity index (χ2v) is 5.62. The Morgan fingerprint density at radius 1 is 1.56 bits per heavy atom. The summed E-state index contributed by atoms with van der Waals surface area (Å²) in [5.41, 5.74) is -0.158. The van der Waals surface area contributed by atoms with Gasteiger partial charge in [-0.25, -0.2) is 9.67 Å². The smallest absolute Gasteiger partial charge is 0.140 e. The third kappa shape index (κ3) is 3.22. The molecule has 18 heavy (non-hydrogen) atoms. The molecule has 1 saturated heterocycles. The van der Waals surface area contributed by atoms with Crippen molar-refractivity contribution in [1.82, 2.24) is 19.7 Å². The van der Waals surface area contributed by atoms with Gasteiger partial charge < -0.3 is 4.74 Å². The van der Waals surface area contributed by atoms with Crippen LogP contribution >= 0.6 is 11.6 Å². The molecule has 102 valence electrons. The van der Waals surface area contributed by atoms with Crippen molar-refractivity contribution in [3.8, 4) is 0 Å². The Morgan fingerprint density at radius 2 is 2.33 bits per heavy atom. The zero-order valence-corrected chi connectivity index (χ0v) is 12.0. The Morgan fingerprint density at radius 3 is 3.00 bits per heavy atom. The van der Waals surface area contributed by atoms with E-state index in [-0.39, 0.29) is 11.7 Å². The summed E-state index contributed by atoms with van der Waals surface area (Å²) < 4.78 is 7.84. The van der Waals surface area contributed by atoms with Gasteiger partial charge in [-0.2, -0.15) is 5.10 Å². The van der Waals surface area contributed by atoms with Gasteiger partial charge in [0.2, 0.25) is 0 Å². The average molecular weight is 273 g/mol. The molecule has 0 N–H and O–H groups in total. The largest absolute Gasteiger partial charge is 0.368 e. The number of hydrogen-bond acceptors (Lipinski definition) is 4. The van der Waals surface area contributed by atoms with Crippen LogP contribution in [0.25, 0.3) is 0 Å². The predicted octanol–water partition coefficient (Wildman–Crippen LogP) is 1.52. The van der Waals surface area contributed by atoms with Gasteiger partial charge in [0.25, 0.3) is 0 Å². The maximum Gasteiger partial charge on any atom is 0.140 e. The van der Waals surface area contributed by atoms with Crippen LogP contribution in [0.2, 0.25) is 0 Å². The molecule has 6 heteroatoms. The first-order valence-corrected chi connectivity index (χ1v) is 6.90. The van der Waals surface area contributed by atoms with Gasteiger partial charge in [-0.1, -0.05) is 0 Å². The monoisotopic (exact) mass is 272 g/mol. The lowest BCUT2D eigenvalue weighted by atomic mass is 10.1. The fourth-order valence-corrected chi connectivity index (χ4v) is 2.65. The summed E-state index contributed by atoms with van der Waals surface area (Å²) in [6.45, 7) is 9.66. The molecule has 5 nitrogen and oxygen atoms in total. The van der Waals surface area contributed by atoms with Gasteiger partial charge in [0.05, 0.1) is 18.2 Å². The van der Waals surface area contributed by atoms with E-state index in [1.807, 2.05) is 4.68 Å². The van der Waals surface area contributed by atoms with Gasteiger partial charge in [-0.05, 0) is 20.8 Å². The summed E-state index contributed by atoms with van der Waals surface area (Å²) in [5.74, 6) is 1.53. The molecule has 2 heterocycles. The Kier molecular flexibility index (Phi) is 4.25. The minimum Gasteiger partial charge on any atom is -0.368 e. The molecular formula is C12H21ClN4O. The highest BCUT2D eigenvalue weighted by Gasteiger charge is 2.33. The summed E-state index contributed by atoms with van der Waals surface area (Å²) >= 11 is 5.93. The van der Waals surface area contributed by atoms with Crippen molar-refractivity contribution in [1.29, 1.82) is 0 Å². The topological polar surface area (TPSA) is 43.2 Å². The van der Waals surface area contributed by atoms with Gasteiger partial charge in [-0.15, -0.1) is 11.6 Å². The molecule has 0 amide bonds. The third-order valence-corrected chi connectivity index (χ3v) is 3.43. The summed E-state index contributed by atoms with van der Waals surface area (Å²) in [7, 11) is 0. The van der Waals surface area contributed by atoms with E-state index in [4.69, 9.17) is 16.3 Å². The van der Waals surface area contributed by atoms with Crippen LogP contribution in [0.15, 0.2) is 6.33 Å². The fourth-order valence-electron chi connectivity index (χ4n) is 2.49. The van der Waals surface area contributed by atoms with Crippen LogP contribution in [0.1, 0.15) is 26.6 Å². The molecule has 0 saturated carbocycles. The summed E-state index contributed by atoms with van der Waals surface area (Å²) in [6.07, 6.45) is 1.71. The van der Waals surface area contributed by atoms with E-state index < -0.39 is 0 Å². The number of morpholine rings is 1. The fraction of sp³-hybridized carbons (Fsp3) is 0.833. The molecule has 0 radical (unpaired) electrons. The Bertz CT molecular complexity index is 393. The van der Waals surface area contributed by atoms with E-state index >= 15 is 0 Å². The first-order chi connectivity index (χ1) is 8.54. The summed E-state index contributed by atoms with van der Waals surface area (Å²) in [6, 6.07) is 0. The van der Waals surface area contributed by atoms with Crippen LogP contribution in [0.5, 0.6) is 0 Å². The molecule has 1 aliphatic rings. The molecule has 0 spiro atoms. The second kappa shape index (κ2) is 5.55. The van der Waals surface area contributed by atoms with Crippen molar-refractivity contribution in [3.05, 3.63) is 12.2 Å². The number of ether oxygens (including phenoxy) is 1. The summed E-state index contributed by atoms with van der Waals surface area (Å²) in [4.78, 5) is 6.66. The van der Waals surface area contributed by atoms with Crippen LogP contribution in [0.4, 0.5) is 0 Å². The van der Waals surface area contributed by atoms with Crippen LogP contribution in [-0.4, -0.2) is 50.3 Å². The van der Waals surface area contributed by atoms with E-state index in [1.165, 1.54) is 0 Å². The van der Waals surface area contributed by atoms with Crippen molar-refractivity contribution >= 4 is 11.6 Å². The van der Waals surface area contributed by atoms with E-state index in [2.05, 4.69) is 35.8 Å². The van der Waals surface area contributed by atoms with Crippen molar-refractivity contribution in [2.24, 2.45) is 0 Å². The third-order valence-electron chi connectivity index (χ3n) is 3.08. The standard InChI is InChI=1S/C12H21ClN4O/c1-4-17-11(14-9-15-17)7-16-6-10(5-13)18-12(2,3)8-16/h9-10H,4-8H2,1-3H3. The van der Waals surface area contributed by atoms with Crippen molar-refractivity contribution in [3.63, 3.8) is 0 Å². The van der Waals surface area contributed by atoms with Crippen LogP contribution in [-0.2, 0) is 17.8 Å². The molecule has 2 rings (SSSR count). The van der Waals surface area contributed by atoms with E-state index in [0.29, 0.717) is 5.88 Å². The van der Waals surface area contributed by atoms with Gasteiger partial charge in [-0.3, -0.25) is 4.90 Å². The number of aryl methyl sites for hydroxylation is 1. The molecular weight excluding hydrogens is 252 g/mol. The normalized spacial score (nSPS) is 24.3. The van der Waals surface area contributed by atoms with Crippen LogP contribution in [0, 0.1) is 0 Å². The number of halogens is 1. The molecule has 0 aliphatic carbocycles. The molecule has 1 aromatic rings. The summed E-state index contributed by atoms with van der Waals surface area (Å²) in [5, 5.41) is 4.20. The number of aromatic nitrogens is 3. The molecule has 1 atom stereocenters. The van der Waals surface area contributed by atoms with Gasteiger partial charge >= 0.3 is 0 Å². The highest BCUT2D eigenvalue weighted by molar-refractivity contribution is 6.18. The maximum atomic E-state index is 5.93. The van der Waals surface area contributed by atoms with E-state index in [1.54, 1.807) is 6.33 Å². The van der Waals surface area contributed by atoms with Gasteiger partial charge in [0.1, 0.15) is 12.2 Å². The average Bonchev–Trinajstić information content (AvgIpc) is 2.74. The number of nitrogens with zero attached hydrogens (tertiary/aromatic N) is 4. The first kappa shape index (κ1) is 13.8. The second-order valence-electron chi connectivity index (χ2n) is 5.32. The lowest BCUT2D eigenvalue weighted by molar-refractivity contribution is -0.130. The molecule has 1 aliphatic heterocycles. The highest BCUT2D eigenvalue weighted by atomic mass is 35.5. The van der Waals surface area contributed by atoms with Crippen molar-refractivity contribution in [2.75, 3.05) is 19.0 Å². The number of rotatable bonds is 4. The Balaban J connectivity index is 2.04. The van der Waals surface area contributed by atoms with Gasteiger partial charge in [0, 0.05) is 25.5 Å². The minimum absolute atomic E-state index is 0.0911. The molecule has 1 fully saturated rings. The maximum absolute atomic E-state index is 5.93. The predicted molar refractivity (Wildman–Crippen MR) is 70.6 cm³/mol. The van der Waals surface area contributed by atoms with Crippen LogP contribution in [0.3, 0.4) is 0 Å². The Hall–Kier alpha value is -0.650. The van der Waals surface area contributed by atoms with E-state index in [0.717, 1.165) is 32.0 Å². The Labute approximate surface area is 113 Å². The molecule has 1 aromatic heterocycles. The molecule has 1 unspecified atom stereocenters. The SMILES string of the molecule is CCn1ncnc1CN1CC(CCl)OC(C)(C)C1. The lowest BCUT2D eigenvalue weighted by Gasteiger charge is -2.42. The van der Waals surface area contributed by atoms with Gasteiger partial charge in [0.15, 0.2) is 0 Å². The number of hydrogen-bond donors (Lipinski definition) is 0. The zero-order chi connectivity index (χ0) is 13.2. The van der Waals surface area contributed by atoms with Crippen molar-refractivity contribution < 1.29 is 4.74 Å². The molecule has 0 aromatic carbocycles. The quantitative estimate of drug-likeness (QED) is 0.780. The highest BCUT2D eigenvalue weighted by Crippen LogP contribution is 2.22.